The zero-order chi connectivity index (χ0) is 28.3. The number of halogens is 2. The molecule has 2 heterocycles. The number of fused-ring (bicyclic) bond motifs is 1. The van der Waals surface area contributed by atoms with Crippen molar-refractivity contribution in [3.05, 3.63) is 87.9 Å². The van der Waals surface area contributed by atoms with Gasteiger partial charge in [-0.2, -0.15) is 0 Å². The maximum absolute atomic E-state index is 13.3. The van der Waals surface area contributed by atoms with E-state index in [0.29, 0.717) is 45.1 Å². The van der Waals surface area contributed by atoms with Crippen LogP contribution in [0.4, 0.5) is 5.82 Å². The monoisotopic (exact) mass is 599 g/mol. The van der Waals surface area contributed by atoms with Gasteiger partial charge in [0.05, 0.1) is 22.0 Å². The number of piperidine rings is 1. The lowest BCUT2D eigenvalue weighted by Crippen LogP contribution is -2.32. The Labute approximate surface area is 245 Å². The average molecular weight is 601 g/mol. The Morgan fingerprint density at radius 2 is 1.73 bits per heavy atom. The van der Waals surface area contributed by atoms with Gasteiger partial charge in [-0.3, -0.25) is 4.72 Å². The van der Waals surface area contributed by atoms with Gasteiger partial charge in [0.15, 0.2) is 11.6 Å². The lowest BCUT2D eigenvalue weighted by molar-refractivity contribution is 0.160. The second-order valence-corrected chi connectivity index (χ2v) is 12.6. The standard InChI is InChI=1S/C30H31Cl2N3O4S/c1-20-24(31)7-5-9-29(20)40(36,37)34-30-28(17-23-6-3-4-8-26(23)33-30)39-19-22-10-11-25(32)27(16-22)38-18-21-12-14-35(2)15-13-21/h3-11,16-17,21H,12-15,18-19H2,1-2H3,(H,33,34). The predicted molar refractivity (Wildman–Crippen MR) is 160 cm³/mol. The average Bonchev–Trinajstić information content (AvgIpc) is 2.94. The van der Waals surface area contributed by atoms with Gasteiger partial charge < -0.3 is 14.4 Å². The SMILES string of the molecule is Cc1c(Cl)cccc1S(=O)(=O)Nc1nc2ccccc2cc1OCc1ccc(Cl)c(OCC2CCN(C)CC2)c1. The van der Waals surface area contributed by atoms with Gasteiger partial charge in [0.1, 0.15) is 12.4 Å². The van der Waals surface area contributed by atoms with Gasteiger partial charge in [0.25, 0.3) is 10.0 Å². The Morgan fingerprint density at radius 3 is 2.52 bits per heavy atom. The van der Waals surface area contributed by atoms with Crippen molar-refractivity contribution in [2.45, 2.75) is 31.3 Å². The number of rotatable bonds is 9. The van der Waals surface area contributed by atoms with Crippen molar-refractivity contribution in [3.63, 3.8) is 0 Å². The molecule has 0 saturated carbocycles. The third kappa shape index (κ3) is 6.63. The molecule has 4 aromatic rings. The fraction of sp³-hybridized carbons (Fsp3) is 0.300. The highest BCUT2D eigenvalue weighted by Crippen LogP contribution is 2.33. The molecule has 7 nitrogen and oxygen atoms in total. The van der Waals surface area contributed by atoms with Gasteiger partial charge in [-0.05, 0) is 93.3 Å². The first-order valence-electron chi connectivity index (χ1n) is 13.1. The highest BCUT2D eigenvalue weighted by Gasteiger charge is 2.22. The van der Waals surface area contributed by atoms with Crippen LogP contribution in [0.2, 0.25) is 10.0 Å². The molecule has 0 atom stereocenters. The van der Waals surface area contributed by atoms with Crippen molar-refractivity contribution in [2.24, 2.45) is 5.92 Å². The van der Waals surface area contributed by atoms with Crippen LogP contribution in [0.5, 0.6) is 11.5 Å². The fourth-order valence-corrected chi connectivity index (χ4v) is 6.37. The van der Waals surface area contributed by atoms with Gasteiger partial charge in [0.2, 0.25) is 0 Å². The second-order valence-electron chi connectivity index (χ2n) is 10.1. The van der Waals surface area contributed by atoms with Crippen LogP contribution in [-0.4, -0.2) is 45.0 Å². The van der Waals surface area contributed by atoms with Crippen molar-refractivity contribution in [1.29, 1.82) is 0 Å². The number of aromatic nitrogens is 1. The smallest absolute Gasteiger partial charge is 0.263 e. The molecule has 1 N–H and O–H groups in total. The first kappa shape index (κ1) is 28.5. The van der Waals surface area contributed by atoms with Crippen molar-refractivity contribution >= 4 is 49.9 Å². The molecule has 1 saturated heterocycles. The first-order valence-corrected chi connectivity index (χ1v) is 15.3. The van der Waals surface area contributed by atoms with Crippen LogP contribution in [0.1, 0.15) is 24.0 Å². The number of likely N-dealkylation sites (tertiary alicyclic amines) is 1. The summed E-state index contributed by atoms with van der Waals surface area (Å²) in [5.74, 6) is 1.49. The Morgan fingerprint density at radius 1 is 0.950 bits per heavy atom. The normalized spacial score (nSPS) is 14.8. The zero-order valence-corrected chi connectivity index (χ0v) is 24.7. The molecule has 0 amide bonds. The van der Waals surface area contributed by atoms with Crippen molar-refractivity contribution in [1.82, 2.24) is 9.88 Å². The van der Waals surface area contributed by atoms with Crippen LogP contribution < -0.4 is 14.2 Å². The third-order valence-electron chi connectivity index (χ3n) is 7.13. The number of anilines is 1. The second kappa shape index (κ2) is 12.2. The quantitative estimate of drug-likeness (QED) is 0.224. The number of hydrogen-bond acceptors (Lipinski definition) is 6. The number of nitrogens with zero attached hydrogens (tertiary/aromatic N) is 2. The van der Waals surface area contributed by atoms with Crippen LogP contribution >= 0.6 is 23.2 Å². The summed E-state index contributed by atoms with van der Waals surface area (Å²) in [6, 6.07) is 19.5. The summed E-state index contributed by atoms with van der Waals surface area (Å²) >= 11 is 12.6. The number of sulfonamides is 1. The summed E-state index contributed by atoms with van der Waals surface area (Å²) in [6.07, 6.45) is 2.19. The lowest BCUT2D eigenvalue weighted by Gasteiger charge is -2.28. The van der Waals surface area contributed by atoms with E-state index in [4.69, 9.17) is 32.7 Å². The topological polar surface area (TPSA) is 80.8 Å². The Kier molecular flexibility index (Phi) is 8.71. The third-order valence-corrected chi connectivity index (χ3v) is 9.34. The van der Waals surface area contributed by atoms with Crippen LogP contribution in [0.25, 0.3) is 10.9 Å². The van der Waals surface area contributed by atoms with E-state index < -0.39 is 10.0 Å². The van der Waals surface area contributed by atoms with Crippen LogP contribution in [-0.2, 0) is 16.6 Å². The van der Waals surface area contributed by atoms with Crippen LogP contribution in [0.15, 0.2) is 71.6 Å². The zero-order valence-electron chi connectivity index (χ0n) is 22.4. The maximum Gasteiger partial charge on any atom is 0.263 e. The van der Waals surface area contributed by atoms with E-state index in [-0.39, 0.29) is 17.3 Å². The molecule has 10 heteroatoms. The van der Waals surface area contributed by atoms with Gasteiger partial charge in [-0.1, -0.05) is 53.5 Å². The molecule has 40 heavy (non-hydrogen) atoms. The molecule has 3 aromatic carbocycles. The van der Waals surface area contributed by atoms with E-state index in [9.17, 15) is 8.42 Å². The summed E-state index contributed by atoms with van der Waals surface area (Å²) in [5, 5.41) is 1.72. The predicted octanol–water partition coefficient (Wildman–Crippen LogP) is 6.95. The highest BCUT2D eigenvalue weighted by atomic mass is 35.5. The van der Waals surface area contributed by atoms with E-state index in [1.165, 1.54) is 6.07 Å². The van der Waals surface area contributed by atoms with E-state index in [1.54, 1.807) is 31.2 Å². The molecule has 210 valence electrons. The van der Waals surface area contributed by atoms with Gasteiger partial charge in [-0.15, -0.1) is 0 Å². The van der Waals surface area contributed by atoms with Gasteiger partial charge in [-0.25, -0.2) is 13.4 Å². The van der Waals surface area contributed by atoms with Gasteiger partial charge in [0, 0.05) is 10.4 Å². The minimum absolute atomic E-state index is 0.0741. The minimum Gasteiger partial charge on any atom is -0.492 e. The molecule has 1 aliphatic heterocycles. The molecule has 5 rings (SSSR count). The summed E-state index contributed by atoms with van der Waals surface area (Å²) < 4.78 is 41.5. The number of pyridine rings is 1. The minimum atomic E-state index is -3.99. The summed E-state index contributed by atoms with van der Waals surface area (Å²) in [5.41, 5.74) is 1.91. The molecule has 0 aliphatic carbocycles. The van der Waals surface area contributed by atoms with E-state index in [0.717, 1.165) is 36.9 Å². The Balaban J connectivity index is 1.37. The molecule has 1 fully saturated rings. The largest absolute Gasteiger partial charge is 0.492 e. The van der Waals surface area contributed by atoms with E-state index in [1.807, 2.05) is 36.4 Å². The molecule has 1 aliphatic rings. The number of ether oxygens (including phenoxy) is 2. The molecule has 1 aromatic heterocycles. The summed E-state index contributed by atoms with van der Waals surface area (Å²) in [4.78, 5) is 6.97. The lowest BCUT2D eigenvalue weighted by atomic mass is 9.98. The molecular weight excluding hydrogens is 569 g/mol. The van der Waals surface area contributed by atoms with Crippen molar-refractivity contribution < 1.29 is 17.9 Å². The van der Waals surface area contributed by atoms with Crippen LogP contribution in [0, 0.1) is 12.8 Å². The van der Waals surface area contributed by atoms with Crippen molar-refractivity contribution in [2.75, 3.05) is 31.5 Å². The summed E-state index contributed by atoms with van der Waals surface area (Å²) in [6.45, 7) is 4.57. The Hall–Kier alpha value is -3.04. The summed E-state index contributed by atoms with van der Waals surface area (Å²) in [7, 11) is -1.86. The highest BCUT2D eigenvalue weighted by molar-refractivity contribution is 7.92. The van der Waals surface area contributed by atoms with E-state index in [2.05, 4.69) is 21.7 Å². The Bertz CT molecular complexity index is 1620. The fourth-order valence-electron chi connectivity index (χ4n) is 4.69. The maximum atomic E-state index is 13.3. The number of nitrogens with one attached hydrogen (secondary N) is 1. The van der Waals surface area contributed by atoms with Crippen LogP contribution in [0.3, 0.4) is 0 Å². The number of hydrogen-bond donors (Lipinski definition) is 1. The molecular formula is C30H31Cl2N3O4S. The van der Waals surface area contributed by atoms with Gasteiger partial charge >= 0.3 is 0 Å². The van der Waals surface area contributed by atoms with Crippen molar-refractivity contribution in [3.8, 4) is 11.5 Å². The number of benzene rings is 3. The number of para-hydroxylation sites is 1. The molecule has 0 radical (unpaired) electrons. The molecule has 0 unspecified atom stereocenters. The molecule has 0 spiro atoms. The first-order chi connectivity index (χ1) is 19.2. The van der Waals surface area contributed by atoms with E-state index >= 15 is 0 Å². The molecule has 0 bridgehead atoms.